The van der Waals surface area contributed by atoms with Gasteiger partial charge in [-0.25, -0.2) is 0 Å². The molecule has 2 atom stereocenters. The van der Waals surface area contributed by atoms with Gasteiger partial charge < -0.3 is 15.2 Å². The molecule has 23 heavy (non-hydrogen) atoms. The molecular weight excluding hydrogens is 286 g/mol. The van der Waals surface area contributed by atoms with Gasteiger partial charge in [0.1, 0.15) is 0 Å². The maximum absolute atomic E-state index is 12.5. The molecule has 2 heterocycles. The first-order valence-corrected chi connectivity index (χ1v) is 8.64. The number of para-hydroxylation sites is 1. The zero-order valence-corrected chi connectivity index (χ0v) is 14.0. The van der Waals surface area contributed by atoms with Gasteiger partial charge >= 0.3 is 0 Å². The van der Waals surface area contributed by atoms with Gasteiger partial charge in [-0.15, -0.1) is 0 Å². The minimum Gasteiger partial charge on any atom is -0.358 e. The Morgan fingerprint density at radius 1 is 1.30 bits per heavy atom. The number of amides is 1. The van der Waals surface area contributed by atoms with E-state index in [4.69, 9.17) is 0 Å². The normalized spacial score (nSPS) is 26.6. The maximum atomic E-state index is 12.5. The number of benzene rings is 1. The van der Waals surface area contributed by atoms with Crippen LogP contribution in [0, 0.1) is 5.41 Å². The van der Waals surface area contributed by atoms with E-state index >= 15 is 0 Å². The van der Waals surface area contributed by atoms with Crippen molar-refractivity contribution in [2.24, 2.45) is 5.41 Å². The Kier molecular flexibility index (Phi) is 3.45. The van der Waals surface area contributed by atoms with Gasteiger partial charge in [0.2, 0.25) is 5.91 Å². The van der Waals surface area contributed by atoms with Crippen molar-refractivity contribution < 1.29 is 4.79 Å². The van der Waals surface area contributed by atoms with E-state index in [-0.39, 0.29) is 11.3 Å². The van der Waals surface area contributed by atoms with Gasteiger partial charge in [-0.2, -0.15) is 0 Å². The molecular formula is C19H25N3O. The van der Waals surface area contributed by atoms with E-state index in [0.717, 1.165) is 32.2 Å². The van der Waals surface area contributed by atoms with Gasteiger partial charge in [-0.05, 0) is 49.3 Å². The van der Waals surface area contributed by atoms with E-state index in [1.165, 1.54) is 22.2 Å². The molecule has 1 amide bonds. The van der Waals surface area contributed by atoms with Crippen LogP contribution < -0.4 is 5.32 Å². The molecule has 2 aliphatic rings. The van der Waals surface area contributed by atoms with E-state index in [0.29, 0.717) is 12.5 Å². The number of nitrogens with zero attached hydrogens (tertiary/aromatic N) is 1. The Balaban J connectivity index is 1.80. The number of aromatic nitrogens is 1. The maximum Gasteiger partial charge on any atom is 0.222 e. The second-order valence-electron chi connectivity index (χ2n) is 7.38. The number of rotatable bonds is 2. The molecule has 1 fully saturated rings. The molecule has 0 bridgehead atoms. The topological polar surface area (TPSA) is 48.1 Å². The minimum atomic E-state index is 0.0670. The van der Waals surface area contributed by atoms with E-state index in [1.807, 2.05) is 14.1 Å². The van der Waals surface area contributed by atoms with Crippen LogP contribution in [0.25, 0.3) is 10.9 Å². The number of carbonyl (C=O) groups excluding carboxylic acids is 1. The fraction of sp³-hybridized carbons (Fsp3) is 0.526. The lowest BCUT2D eigenvalue weighted by atomic mass is 9.63. The van der Waals surface area contributed by atoms with Crippen LogP contribution in [-0.2, 0) is 11.2 Å². The Morgan fingerprint density at radius 2 is 2.13 bits per heavy atom. The van der Waals surface area contributed by atoms with Crippen molar-refractivity contribution in [3.05, 3.63) is 35.5 Å². The molecule has 1 aliphatic carbocycles. The molecule has 1 aliphatic heterocycles. The number of nitrogens with one attached hydrogen (secondary N) is 2. The smallest absolute Gasteiger partial charge is 0.222 e. The first-order valence-electron chi connectivity index (χ1n) is 8.64. The molecule has 122 valence electrons. The number of hydrogen-bond donors (Lipinski definition) is 2. The van der Waals surface area contributed by atoms with Crippen molar-refractivity contribution in [3.63, 3.8) is 0 Å². The van der Waals surface area contributed by atoms with E-state index in [1.54, 1.807) is 4.90 Å². The number of piperidine rings is 1. The van der Waals surface area contributed by atoms with Crippen molar-refractivity contribution in [2.45, 2.75) is 38.1 Å². The Bertz CT molecular complexity index is 748. The molecule has 0 radical (unpaired) electrons. The highest BCUT2D eigenvalue weighted by molar-refractivity contribution is 5.86. The van der Waals surface area contributed by atoms with Gasteiger partial charge in [0.25, 0.3) is 0 Å². The Morgan fingerprint density at radius 3 is 2.96 bits per heavy atom. The Labute approximate surface area is 137 Å². The van der Waals surface area contributed by atoms with Gasteiger partial charge in [-0.1, -0.05) is 18.2 Å². The molecule has 4 heteroatoms. The first-order chi connectivity index (χ1) is 11.1. The SMILES string of the molecule is CN(C)C(=O)C[C@]12CCCN[C@H]1c1c([nH]c3ccccc13)CC2. The molecule has 2 aromatic rings. The summed E-state index contributed by atoms with van der Waals surface area (Å²) in [6, 6.07) is 8.86. The zero-order valence-electron chi connectivity index (χ0n) is 14.0. The molecule has 1 aromatic carbocycles. The van der Waals surface area contributed by atoms with E-state index in [2.05, 4.69) is 34.6 Å². The van der Waals surface area contributed by atoms with Gasteiger partial charge in [0, 0.05) is 43.2 Å². The fourth-order valence-corrected chi connectivity index (χ4v) is 4.58. The largest absolute Gasteiger partial charge is 0.358 e. The highest BCUT2D eigenvalue weighted by Crippen LogP contribution is 2.53. The van der Waals surface area contributed by atoms with Crippen molar-refractivity contribution in [1.82, 2.24) is 15.2 Å². The second kappa shape index (κ2) is 5.38. The Hall–Kier alpha value is -1.81. The molecule has 2 N–H and O–H groups in total. The quantitative estimate of drug-likeness (QED) is 0.895. The first kappa shape index (κ1) is 14.8. The van der Waals surface area contributed by atoms with Crippen LogP contribution in [0.3, 0.4) is 0 Å². The number of H-pyrrole nitrogens is 1. The number of aryl methyl sites for hydroxylation is 1. The molecule has 0 spiro atoms. The third kappa shape index (κ3) is 2.27. The summed E-state index contributed by atoms with van der Waals surface area (Å²) in [5.74, 6) is 0.252. The molecule has 1 aromatic heterocycles. The predicted molar refractivity (Wildman–Crippen MR) is 92.3 cm³/mol. The lowest BCUT2D eigenvalue weighted by Gasteiger charge is -2.48. The van der Waals surface area contributed by atoms with E-state index < -0.39 is 0 Å². The van der Waals surface area contributed by atoms with Crippen molar-refractivity contribution in [3.8, 4) is 0 Å². The van der Waals surface area contributed by atoms with Crippen LogP contribution in [0.2, 0.25) is 0 Å². The van der Waals surface area contributed by atoms with Crippen molar-refractivity contribution >= 4 is 16.8 Å². The van der Waals surface area contributed by atoms with Gasteiger partial charge in [0.15, 0.2) is 0 Å². The standard InChI is InChI=1S/C19H25N3O/c1-22(2)16(23)12-19-9-5-11-20-18(19)17-13-6-3-4-7-14(13)21-15(17)8-10-19/h3-4,6-7,18,20-21H,5,8-12H2,1-2H3/t18-,19+/m0/s1. The number of aromatic amines is 1. The lowest BCUT2D eigenvalue weighted by Crippen LogP contribution is -2.48. The fourth-order valence-electron chi connectivity index (χ4n) is 4.58. The van der Waals surface area contributed by atoms with Crippen LogP contribution in [0.15, 0.2) is 24.3 Å². The molecule has 0 unspecified atom stereocenters. The summed E-state index contributed by atoms with van der Waals surface area (Å²) in [5.41, 5.74) is 4.06. The monoisotopic (exact) mass is 311 g/mol. The summed E-state index contributed by atoms with van der Waals surface area (Å²) in [6.45, 7) is 1.04. The lowest BCUT2D eigenvalue weighted by molar-refractivity contribution is -0.132. The second-order valence-corrected chi connectivity index (χ2v) is 7.38. The van der Waals surface area contributed by atoms with Crippen LogP contribution in [0.5, 0.6) is 0 Å². The van der Waals surface area contributed by atoms with E-state index in [9.17, 15) is 4.79 Å². The number of fused-ring (bicyclic) bond motifs is 5. The minimum absolute atomic E-state index is 0.0670. The third-order valence-electron chi connectivity index (χ3n) is 5.80. The van der Waals surface area contributed by atoms with Crippen LogP contribution >= 0.6 is 0 Å². The third-order valence-corrected chi connectivity index (χ3v) is 5.80. The highest BCUT2D eigenvalue weighted by Gasteiger charge is 2.47. The number of hydrogen-bond acceptors (Lipinski definition) is 2. The molecule has 1 saturated heterocycles. The predicted octanol–water partition coefficient (Wildman–Crippen LogP) is 3.00. The average Bonchev–Trinajstić information content (AvgIpc) is 2.93. The molecule has 0 saturated carbocycles. The van der Waals surface area contributed by atoms with Crippen LogP contribution in [-0.4, -0.2) is 36.4 Å². The van der Waals surface area contributed by atoms with Crippen LogP contribution in [0.4, 0.5) is 0 Å². The van der Waals surface area contributed by atoms with Crippen molar-refractivity contribution in [1.29, 1.82) is 0 Å². The van der Waals surface area contributed by atoms with Gasteiger partial charge in [-0.3, -0.25) is 4.79 Å². The summed E-state index contributed by atoms with van der Waals surface area (Å²) < 4.78 is 0. The molecule has 4 nitrogen and oxygen atoms in total. The zero-order chi connectivity index (χ0) is 16.0. The summed E-state index contributed by atoms with van der Waals surface area (Å²) >= 11 is 0. The summed E-state index contributed by atoms with van der Waals surface area (Å²) in [4.78, 5) is 17.8. The number of carbonyl (C=O) groups is 1. The van der Waals surface area contributed by atoms with Gasteiger partial charge in [0.05, 0.1) is 0 Å². The molecule has 4 rings (SSSR count). The average molecular weight is 311 g/mol. The van der Waals surface area contributed by atoms with Crippen molar-refractivity contribution in [2.75, 3.05) is 20.6 Å². The van der Waals surface area contributed by atoms with Crippen LogP contribution in [0.1, 0.15) is 43.0 Å². The summed E-state index contributed by atoms with van der Waals surface area (Å²) in [7, 11) is 3.73. The highest BCUT2D eigenvalue weighted by atomic mass is 16.2. The summed E-state index contributed by atoms with van der Waals surface area (Å²) in [6.07, 6.45) is 5.08. The summed E-state index contributed by atoms with van der Waals surface area (Å²) in [5, 5.41) is 5.07.